The number of ether oxygens (including phenoxy) is 1. The van der Waals surface area contributed by atoms with Gasteiger partial charge in [-0.3, -0.25) is 4.72 Å². The summed E-state index contributed by atoms with van der Waals surface area (Å²) in [6, 6.07) is 8.59. The van der Waals surface area contributed by atoms with Gasteiger partial charge in [-0.15, -0.1) is 11.3 Å². The van der Waals surface area contributed by atoms with Crippen LogP contribution >= 0.6 is 11.3 Å². The second kappa shape index (κ2) is 6.46. The molecule has 0 aliphatic carbocycles. The lowest BCUT2D eigenvalue weighted by Gasteiger charge is -2.11. The maximum Gasteiger partial charge on any atom is 0.271 e. The van der Waals surface area contributed by atoms with Gasteiger partial charge in [-0.2, -0.15) is 0 Å². The number of sulfonamides is 1. The SMILES string of the molecule is CCOc1ccccc1NS(=O)(=O)c1cc(C)c(CN)s1. The Morgan fingerprint density at radius 3 is 2.67 bits per heavy atom. The third-order valence-corrected chi connectivity index (χ3v) is 5.98. The van der Waals surface area contributed by atoms with Crippen LogP contribution in [-0.4, -0.2) is 15.0 Å². The van der Waals surface area contributed by atoms with Crippen molar-refractivity contribution in [3.8, 4) is 5.75 Å². The zero-order valence-electron chi connectivity index (χ0n) is 11.9. The predicted octanol–water partition coefficient (Wildman–Crippen LogP) is 2.71. The maximum atomic E-state index is 12.4. The first-order valence-corrected chi connectivity index (χ1v) is 8.82. The van der Waals surface area contributed by atoms with Gasteiger partial charge in [0.1, 0.15) is 9.96 Å². The third-order valence-electron chi connectivity index (χ3n) is 2.88. The van der Waals surface area contributed by atoms with Gasteiger partial charge in [0.2, 0.25) is 0 Å². The van der Waals surface area contributed by atoms with E-state index in [1.165, 1.54) is 11.3 Å². The molecular weight excluding hydrogens is 308 g/mol. The van der Waals surface area contributed by atoms with E-state index >= 15 is 0 Å². The van der Waals surface area contributed by atoms with Crippen molar-refractivity contribution >= 4 is 27.0 Å². The average Bonchev–Trinajstić information content (AvgIpc) is 2.83. The molecule has 1 heterocycles. The van der Waals surface area contributed by atoms with Crippen LogP contribution in [0.25, 0.3) is 0 Å². The smallest absolute Gasteiger partial charge is 0.271 e. The van der Waals surface area contributed by atoms with Crippen LogP contribution in [0.15, 0.2) is 34.5 Å². The Kier molecular flexibility index (Phi) is 4.87. The highest BCUT2D eigenvalue weighted by Gasteiger charge is 2.20. The summed E-state index contributed by atoms with van der Waals surface area (Å²) < 4.78 is 33.1. The minimum Gasteiger partial charge on any atom is -0.492 e. The van der Waals surface area contributed by atoms with Gasteiger partial charge in [-0.05, 0) is 37.6 Å². The number of hydrogen-bond donors (Lipinski definition) is 2. The first-order chi connectivity index (χ1) is 9.97. The van der Waals surface area contributed by atoms with E-state index in [0.29, 0.717) is 24.6 Å². The molecular formula is C14H18N2O3S2. The fourth-order valence-electron chi connectivity index (χ4n) is 1.85. The number of thiophene rings is 1. The summed E-state index contributed by atoms with van der Waals surface area (Å²) in [6.07, 6.45) is 0. The molecule has 114 valence electrons. The minimum atomic E-state index is -3.63. The molecule has 2 rings (SSSR count). The van der Waals surface area contributed by atoms with Crippen molar-refractivity contribution in [1.29, 1.82) is 0 Å². The average molecular weight is 326 g/mol. The molecule has 0 aliphatic rings. The van der Waals surface area contributed by atoms with Crippen LogP contribution < -0.4 is 15.2 Å². The molecule has 21 heavy (non-hydrogen) atoms. The normalized spacial score (nSPS) is 11.4. The number of hydrogen-bond acceptors (Lipinski definition) is 5. The summed E-state index contributed by atoms with van der Waals surface area (Å²) >= 11 is 1.19. The molecule has 0 saturated carbocycles. The van der Waals surface area contributed by atoms with Crippen LogP contribution in [0, 0.1) is 6.92 Å². The lowest BCUT2D eigenvalue weighted by Crippen LogP contribution is -2.12. The van der Waals surface area contributed by atoms with Gasteiger partial charge in [0.05, 0.1) is 12.3 Å². The second-order valence-electron chi connectivity index (χ2n) is 4.41. The molecule has 0 unspecified atom stereocenters. The fraction of sp³-hybridized carbons (Fsp3) is 0.286. The van der Waals surface area contributed by atoms with E-state index < -0.39 is 10.0 Å². The monoisotopic (exact) mass is 326 g/mol. The first kappa shape index (κ1) is 15.8. The highest BCUT2D eigenvalue weighted by atomic mass is 32.2. The number of para-hydroxylation sites is 2. The summed E-state index contributed by atoms with van der Waals surface area (Å²) in [5.41, 5.74) is 6.92. The van der Waals surface area contributed by atoms with Crippen molar-refractivity contribution in [2.45, 2.75) is 24.6 Å². The van der Waals surface area contributed by atoms with E-state index in [9.17, 15) is 8.42 Å². The number of rotatable bonds is 6. The van der Waals surface area contributed by atoms with E-state index in [2.05, 4.69) is 4.72 Å². The molecule has 2 aromatic rings. The van der Waals surface area contributed by atoms with Gasteiger partial charge < -0.3 is 10.5 Å². The number of nitrogens with two attached hydrogens (primary N) is 1. The Labute approximate surface area is 128 Å². The van der Waals surface area contributed by atoms with Crippen LogP contribution in [0.5, 0.6) is 5.75 Å². The molecule has 5 nitrogen and oxygen atoms in total. The van der Waals surface area contributed by atoms with Gasteiger partial charge >= 0.3 is 0 Å². The van der Waals surface area contributed by atoms with Crippen molar-refractivity contribution in [3.63, 3.8) is 0 Å². The summed E-state index contributed by atoms with van der Waals surface area (Å²) in [6.45, 7) is 4.50. The molecule has 0 saturated heterocycles. The Balaban J connectivity index is 2.33. The molecule has 0 spiro atoms. The molecule has 3 N–H and O–H groups in total. The number of anilines is 1. The summed E-state index contributed by atoms with van der Waals surface area (Å²) in [4.78, 5) is 0.869. The van der Waals surface area contributed by atoms with E-state index in [1.807, 2.05) is 13.8 Å². The van der Waals surface area contributed by atoms with Crippen LogP contribution in [0.3, 0.4) is 0 Å². The molecule has 0 aliphatic heterocycles. The molecule has 0 amide bonds. The lowest BCUT2D eigenvalue weighted by molar-refractivity contribution is 0.342. The lowest BCUT2D eigenvalue weighted by atomic mass is 10.3. The Bertz CT molecular complexity index is 724. The highest BCUT2D eigenvalue weighted by Crippen LogP contribution is 2.30. The number of nitrogens with one attached hydrogen (secondary N) is 1. The maximum absolute atomic E-state index is 12.4. The van der Waals surface area contributed by atoms with E-state index in [1.54, 1.807) is 30.3 Å². The van der Waals surface area contributed by atoms with Crippen molar-refractivity contribution in [2.24, 2.45) is 5.73 Å². The standard InChI is InChI=1S/C14H18N2O3S2/c1-3-19-12-7-5-4-6-11(12)16-21(17,18)14-8-10(2)13(9-15)20-14/h4-8,16H,3,9,15H2,1-2H3. The molecule has 0 atom stereocenters. The number of benzene rings is 1. The zero-order valence-corrected chi connectivity index (χ0v) is 13.6. The van der Waals surface area contributed by atoms with Crippen LogP contribution in [0.2, 0.25) is 0 Å². The second-order valence-corrected chi connectivity index (χ2v) is 7.46. The van der Waals surface area contributed by atoms with Crippen LogP contribution in [0.1, 0.15) is 17.4 Å². The topological polar surface area (TPSA) is 81.4 Å². The molecule has 7 heteroatoms. The van der Waals surface area contributed by atoms with Crippen LogP contribution in [-0.2, 0) is 16.6 Å². The van der Waals surface area contributed by atoms with E-state index in [-0.39, 0.29) is 4.21 Å². The summed E-state index contributed by atoms with van der Waals surface area (Å²) in [5.74, 6) is 0.510. The Morgan fingerprint density at radius 2 is 2.05 bits per heavy atom. The van der Waals surface area contributed by atoms with Gasteiger partial charge in [-0.1, -0.05) is 12.1 Å². The third kappa shape index (κ3) is 3.55. The van der Waals surface area contributed by atoms with E-state index in [0.717, 1.165) is 10.4 Å². The molecule has 0 radical (unpaired) electrons. The molecule has 0 bridgehead atoms. The zero-order chi connectivity index (χ0) is 15.5. The minimum absolute atomic E-state index is 0.256. The van der Waals surface area contributed by atoms with E-state index in [4.69, 9.17) is 10.5 Å². The molecule has 1 aromatic heterocycles. The Morgan fingerprint density at radius 1 is 1.33 bits per heavy atom. The van der Waals surface area contributed by atoms with Crippen molar-refractivity contribution < 1.29 is 13.2 Å². The van der Waals surface area contributed by atoms with Crippen LogP contribution in [0.4, 0.5) is 5.69 Å². The van der Waals surface area contributed by atoms with Crippen molar-refractivity contribution in [1.82, 2.24) is 0 Å². The van der Waals surface area contributed by atoms with Crippen molar-refractivity contribution in [2.75, 3.05) is 11.3 Å². The summed E-state index contributed by atoms with van der Waals surface area (Å²) in [5, 5.41) is 0. The first-order valence-electron chi connectivity index (χ1n) is 6.52. The number of aryl methyl sites for hydroxylation is 1. The quantitative estimate of drug-likeness (QED) is 0.855. The van der Waals surface area contributed by atoms with Gasteiger partial charge in [0.15, 0.2) is 0 Å². The largest absolute Gasteiger partial charge is 0.492 e. The molecule has 1 aromatic carbocycles. The van der Waals surface area contributed by atoms with Gasteiger partial charge in [0.25, 0.3) is 10.0 Å². The predicted molar refractivity (Wildman–Crippen MR) is 85.4 cm³/mol. The Hall–Kier alpha value is -1.57. The highest BCUT2D eigenvalue weighted by molar-refractivity contribution is 7.94. The fourth-order valence-corrected chi connectivity index (χ4v) is 4.39. The molecule has 0 fully saturated rings. The van der Waals surface area contributed by atoms with Crippen molar-refractivity contribution in [3.05, 3.63) is 40.8 Å². The van der Waals surface area contributed by atoms with Gasteiger partial charge in [0, 0.05) is 11.4 Å². The van der Waals surface area contributed by atoms with Gasteiger partial charge in [-0.25, -0.2) is 8.42 Å². The summed E-state index contributed by atoms with van der Waals surface area (Å²) in [7, 11) is -3.63.